The molecule has 0 saturated carbocycles. The van der Waals surface area contributed by atoms with Gasteiger partial charge in [-0.3, -0.25) is 4.98 Å². The van der Waals surface area contributed by atoms with Gasteiger partial charge in [0, 0.05) is 31.5 Å². The molecule has 2 aromatic rings. The summed E-state index contributed by atoms with van der Waals surface area (Å²) in [6, 6.07) is 7.78. The number of nitriles is 1. The Balaban J connectivity index is 1.90. The summed E-state index contributed by atoms with van der Waals surface area (Å²) in [5, 5.41) is 14.7. The minimum absolute atomic E-state index is 0.448. The number of nitrogens with one attached hydrogen (secondary N) is 2. The van der Waals surface area contributed by atoms with Gasteiger partial charge in [-0.2, -0.15) is 5.26 Å². The summed E-state index contributed by atoms with van der Waals surface area (Å²) in [5.74, 6) is 1.45. The fourth-order valence-corrected chi connectivity index (χ4v) is 1.49. The maximum Gasteiger partial charge on any atom is 0.131 e. The molecule has 0 aromatic carbocycles. The molecule has 0 amide bonds. The summed E-state index contributed by atoms with van der Waals surface area (Å²) < 4.78 is 0. The smallest absolute Gasteiger partial charge is 0.131 e. The van der Waals surface area contributed by atoms with Crippen molar-refractivity contribution in [3.8, 4) is 6.07 Å². The molecule has 0 spiro atoms. The first-order valence-corrected chi connectivity index (χ1v) is 5.94. The van der Waals surface area contributed by atoms with Gasteiger partial charge in [-0.25, -0.2) is 9.97 Å². The number of nitrogens with zero attached hydrogens (tertiary/aromatic N) is 4. The Morgan fingerprint density at radius 2 is 1.84 bits per heavy atom. The zero-order valence-electron chi connectivity index (χ0n) is 10.4. The Morgan fingerprint density at radius 1 is 1.11 bits per heavy atom. The van der Waals surface area contributed by atoms with Gasteiger partial charge in [0.05, 0.1) is 12.5 Å². The van der Waals surface area contributed by atoms with Gasteiger partial charge in [0.2, 0.25) is 0 Å². The molecule has 0 fully saturated rings. The lowest BCUT2D eigenvalue weighted by atomic mass is 10.3. The van der Waals surface area contributed by atoms with Crippen LogP contribution in [0.15, 0.2) is 36.9 Å². The molecule has 0 radical (unpaired) electrons. The number of aromatic nitrogens is 3. The highest BCUT2D eigenvalue weighted by molar-refractivity contribution is 5.46. The lowest BCUT2D eigenvalue weighted by Gasteiger charge is -2.07. The number of rotatable bonds is 6. The van der Waals surface area contributed by atoms with Crippen molar-refractivity contribution in [3.05, 3.63) is 42.5 Å². The molecule has 0 aliphatic carbocycles. The monoisotopic (exact) mass is 254 g/mol. The van der Waals surface area contributed by atoms with Crippen LogP contribution < -0.4 is 10.6 Å². The Morgan fingerprint density at radius 3 is 2.58 bits per heavy atom. The molecule has 0 saturated heterocycles. The van der Waals surface area contributed by atoms with Gasteiger partial charge in [0.15, 0.2) is 0 Å². The Labute approximate surface area is 111 Å². The van der Waals surface area contributed by atoms with Crippen molar-refractivity contribution < 1.29 is 0 Å². The van der Waals surface area contributed by atoms with Crippen LogP contribution in [0.4, 0.5) is 11.6 Å². The highest BCUT2D eigenvalue weighted by Gasteiger charge is 1.98. The molecule has 0 atom stereocenters. The van der Waals surface area contributed by atoms with Crippen molar-refractivity contribution >= 4 is 11.6 Å². The first-order chi connectivity index (χ1) is 9.38. The predicted octanol–water partition coefficient (Wildman–Crippen LogP) is 1.81. The van der Waals surface area contributed by atoms with Gasteiger partial charge < -0.3 is 10.6 Å². The van der Waals surface area contributed by atoms with Gasteiger partial charge >= 0.3 is 0 Å². The van der Waals surface area contributed by atoms with E-state index in [0.717, 1.165) is 11.4 Å². The summed E-state index contributed by atoms with van der Waals surface area (Å²) in [6.07, 6.45) is 5.45. The predicted molar refractivity (Wildman–Crippen MR) is 72.3 cm³/mol. The first-order valence-electron chi connectivity index (χ1n) is 5.94. The highest BCUT2D eigenvalue weighted by atomic mass is 15.1. The summed E-state index contributed by atoms with van der Waals surface area (Å²) in [6.45, 7) is 1.26. The maximum absolute atomic E-state index is 8.47. The number of anilines is 2. The summed E-state index contributed by atoms with van der Waals surface area (Å²) >= 11 is 0. The van der Waals surface area contributed by atoms with Crippen LogP contribution in [-0.2, 0) is 6.54 Å². The normalized spacial score (nSPS) is 9.63. The second kappa shape index (κ2) is 6.91. The molecule has 0 aliphatic rings. The Hall–Kier alpha value is -2.68. The molecule has 6 heteroatoms. The molecule has 2 rings (SSSR count). The average molecular weight is 254 g/mol. The number of hydrogen-bond acceptors (Lipinski definition) is 6. The molecule has 19 heavy (non-hydrogen) atoms. The third kappa shape index (κ3) is 4.24. The van der Waals surface area contributed by atoms with Crippen LogP contribution >= 0.6 is 0 Å². The SMILES string of the molecule is N#CCCNc1cc(NCc2ccncc2)ncn1. The van der Waals surface area contributed by atoms with E-state index < -0.39 is 0 Å². The highest BCUT2D eigenvalue weighted by Crippen LogP contribution is 2.09. The zero-order valence-corrected chi connectivity index (χ0v) is 10.4. The van der Waals surface area contributed by atoms with Gasteiger partial charge in [-0.15, -0.1) is 0 Å². The van der Waals surface area contributed by atoms with Gasteiger partial charge in [0.1, 0.15) is 18.0 Å². The minimum atomic E-state index is 0.448. The van der Waals surface area contributed by atoms with Crippen LogP contribution in [0.5, 0.6) is 0 Å². The van der Waals surface area contributed by atoms with Crippen LogP contribution in [0, 0.1) is 11.3 Å². The minimum Gasteiger partial charge on any atom is -0.369 e. The van der Waals surface area contributed by atoms with Crippen LogP contribution in [0.3, 0.4) is 0 Å². The topological polar surface area (TPSA) is 86.5 Å². The zero-order chi connectivity index (χ0) is 13.3. The number of hydrogen-bond donors (Lipinski definition) is 2. The van der Waals surface area contributed by atoms with Gasteiger partial charge in [-0.1, -0.05) is 0 Å². The summed E-state index contributed by atoms with van der Waals surface area (Å²) in [4.78, 5) is 12.2. The van der Waals surface area contributed by atoms with E-state index in [1.54, 1.807) is 12.4 Å². The van der Waals surface area contributed by atoms with E-state index in [1.807, 2.05) is 18.2 Å². The standard InChI is InChI=1S/C13H14N6/c14-4-1-5-16-12-8-13(19-10-18-12)17-9-11-2-6-15-7-3-11/h2-3,6-8,10H,1,5,9H2,(H2,16,17,18,19). The third-order valence-electron chi connectivity index (χ3n) is 2.43. The van der Waals surface area contributed by atoms with Crippen LogP contribution in [0.25, 0.3) is 0 Å². The van der Waals surface area contributed by atoms with E-state index in [4.69, 9.17) is 5.26 Å². The van der Waals surface area contributed by atoms with Crippen molar-refractivity contribution in [2.24, 2.45) is 0 Å². The lowest BCUT2D eigenvalue weighted by molar-refractivity contribution is 1.03. The van der Waals surface area contributed by atoms with Crippen molar-refractivity contribution in [1.82, 2.24) is 15.0 Å². The van der Waals surface area contributed by atoms with Crippen LogP contribution in [0.2, 0.25) is 0 Å². The lowest BCUT2D eigenvalue weighted by Crippen LogP contribution is -2.05. The summed E-state index contributed by atoms with van der Waals surface area (Å²) in [7, 11) is 0. The molecule has 0 bridgehead atoms. The van der Waals surface area contributed by atoms with Gasteiger partial charge in [0.25, 0.3) is 0 Å². The first kappa shape index (κ1) is 12.8. The molecule has 2 aromatic heterocycles. The second-order valence-electron chi connectivity index (χ2n) is 3.83. The molecule has 0 aliphatic heterocycles. The number of pyridine rings is 1. The fraction of sp³-hybridized carbons (Fsp3) is 0.231. The maximum atomic E-state index is 8.47. The van der Waals surface area contributed by atoms with E-state index in [9.17, 15) is 0 Å². The van der Waals surface area contributed by atoms with Crippen molar-refractivity contribution in [2.75, 3.05) is 17.2 Å². The van der Waals surface area contributed by atoms with Crippen LogP contribution in [0.1, 0.15) is 12.0 Å². The van der Waals surface area contributed by atoms with Crippen molar-refractivity contribution in [1.29, 1.82) is 5.26 Å². The molecular weight excluding hydrogens is 240 g/mol. The van der Waals surface area contributed by atoms with Crippen LogP contribution in [-0.4, -0.2) is 21.5 Å². The van der Waals surface area contributed by atoms with E-state index >= 15 is 0 Å². The second-order valence-corrected chi connectivity index (χ2v) is 3.83. The largest absolute Gasteiger partial charge is 0.369 e. The Kier molecular flexibility index (Phi) is 4.64. The summed E-state index contributed by atoms with van der Waals surface area (Å²) in [5.41, 5.74) is 1.13. The van der Waals surface area contributed by atoms with E-state index in [-0.39, 0.29) is 0 Å². The molecule has 2 heterocycles. The third-order valence-corrected chi connectivity index (χ3v) is 2.43. The van der Waals surface area contributed by atoms with E-state index in [2.05, 4.69) is 31.7 Å². The molecule has 2 N–H and O–H groups in total. The van der Waals surface area contributed by atoms with E-state index in [0.29, 0.717) is 25.3 Å². The van der Waals surface area contributed by atoms with Crippen molar-refractivity contribution in [3.63, 3.8) is 0 Å². The molecular formula is C13H14N6. The fourth-order valence-electron chi connectivity index (χ4n) is 1.49. The quantitative estimate of drug-likeness (QED) is 0.764. The molecule has 6 nitrogen and oxygen atoms in total. The Bertz CT molecular complexity index is 549. The van der Waals surface area contributed by atoms with Gasteiger partial charge in [-0.05, 0) is 17.7 Å². The van der Waals surface area contributed by atoms with Crippen molar-refractivity contribution in [2.45, 2.75) is 13.0 Å². The molecule has 96 valence electrons. The average Bonchev–Trinajstić information content (AvgIpc) is 2.47. The van der Waals surface area contributed by atoms with E-state index in [1.165, 1.54) is 6.33 Å². The molecule has 0 unspecified atom stereocenters.